The molecule has 0 fully saturated rings. The van der Waals surface area contributed by atoms with Gasteiger partial charge in [-0.1, -0.05) is 38.9 Å². The summed E-state index contributed by atoms with van der Waals surface area (Å²) in [4.78, 5) is 32.1. The van der Waals surface area contributed by atoms with Crippen LogP contribution in [0.15, 0.2) is 55.9 Å². The minimum atomic E-state index is -0.826. The first kappa shape index (κ1) is 27.0. The number of nitrogens with zero attached hydrogens (tertiary/aromatic N) is 2. The number of thiazole rings is 1. The number of hydrogen-bond acceptors (Lipinski definition) is 8. The Labute approximate surface area is 230 Å². The molecule has 0 unspecified atom stereocenters. The number of halogens is 2. The molecular weight excluding hydrogens is 584 g/mol. The first-order chi connectivity index (χ1) is 17.7. The number of rotatable bonds is 7. The van der Waals surface area contributed by atoms with Crippen LogP contribution in [0.3, 0.4) is 0 Å². The monoisotopic (exact) mass is 606 g/mol. The Morgan fingerprint density at radius 2 is 1.81 bits per heavy atom. The molecule has 2 aromatic carbocycles. The number of hydrogen-bond donors (Lipinski definition) is 0. The van der Waals surface area contributed by atoms with Crippen LogP contribution in [-0.4, -0.2) is 38.5 Å². The van der Waals surface area contributed by atoms with Crippen molar-refractivity contribution in [2.45, 2.75) is 19.9 Å². The largest absolute Gasteiger partial charge is 0.496 e. The van der Waals surface area contributed by atoms with E-state index in [1.165, 1.54) is 30.1 Å². The third kappa shape index (κ3) is 5.05. The molecule has 8 nitrogen and oxygen atoms in total. The van der Waals surface area contributed by atoms with Gasteiger partial charge in [0.25, 0.3) is 5.56 Å². The molecule has 0 spiro atoms. The van der Waals surface area contributed by atoms with Gasteiger partial charge in [0.2, 0.25) is 0 Å². The molecule has 1 aromatic heterocycles. The average Bonchev–Trinajstić information content (AvgIpc) is 3.17. The first-order valence-corrected chi connectivity index (χ1v) is 13.2. The minimum absolute atomic E-state index is 0.175. The Morgan fingerprint density at radius 1 is 1.14 bits per heavy atom. The zero-order valence-electron chi connectivity index (χ0n) is 20.8. The molecular formula is C26H24BrClN2O6S. The SMILES string of the molecule is CCOC(=O)C1=C(C)N=c2s/c(=C\c3cc(Cl)ccc3OC)c(=O)n2[C@@H]1c1cc(OC)c(OC)cc1Br. The van der Waals surface area contributed by atoms with Crippen LogP contribution in [0.5, 0.6) is 17.2 Å². The van der Waals surface area contributed by atoms with Crippen LogP contribution < -0.4 is 29.1 Å². The van der Waals surface area contributed by atoms with E-state index in [0.29, 0.717) is 52.9 Å². The van der Waals surface area contributed by atoms with E-state index < -0.39 is 12.0 Å². The van der Waals surface area contributed by atoms with Gasteiger partial charge in [0.1, 0.15) is 5.75 Å². The Bertz CT molecular complexity index is 1590. The van der Waals surface area contributed by atoms with Crippen molar-refractivity contribution in [2.75, 3.05) is 27.9 Å². The maximum atomic E-state index is 13.9. The van der Waals surface area contributed by atoms with E-state index in [1.807, 2.05) is 0 Å². The van der Waals surface area contributed by atoms with Crippen LogP contribution in [0.1, 0.15) is 31.0 Å². The van der Waals surface area contributed by atoms with Crippen LogP contribution in [0.25, 0.3) is 6.08 Å². The Morgan fingerprint density at radius 3 is 2.46 bits per heavy atom. The summed E-state index contributed by atoms with van der Waals surface area (Å²) in [5, 5.41) is 0.507. The lowest BCUT2D eigenvalue weighted by Gasteiger charge is -2.26. The highest BCUT2D eigenvalue weighted by atomic mass is 79.9. The molecule has 11 heteroatoms. The lowest BCUT2D eigenvalue weighted by atomic mass is 9.95. The van der Waals surface area contributed by atoms with Gasteiger partial charge >= 0.3 is 5.97 Å². The second kappa shape index (κ2) is 11.1. The molecule has 3 aromatic rings. The minimum Gasteiger partial charge on any atom is -0.496 e. The highest BCUT2D eigenvalue weighted by molar-refractivity contribution is 9.10. The van der Waals surface area contributed by atoms with E-state index in [0.717, 1.165) is 0 Å². The van der Waals surface area contributed by atoms with Crippen molar-refractivity contribution in [2.24, 2.45) is 4.99 Å². The fraction of sp³-hybridized carbons (Fsp3) is 0.269. The smallest absolute Gasteiger partial charge is 0.338 e. The standard InChI is InChI=1S/C26H24BrClN2O6S/c1-6-36-25(32)22-13(2)29-26-30(23(22)16-11-19(34-4)20(35-5)12-17(16)27)24(31)21(37-26)10-14-9-15(28)7-8-18(14)33-3/h7-12,23H,6H2,1-5H3/b21-10-/t23-/m1/s1. The van der Waals surface area contributed by atoms with Crippen LogP contribution in [0, 0.1) is 0 Å². The summed E-state index contributed by atoms with van der Waals surface area (Å²) in [7, 11) is 4.60. The van der Waals surface area contributed by atoms with Gasteiger partial charge in [0, 0.05) is 15.1 Å². The molecule has 0 radical (unpaired) electrons. The van der Waals surface area contributed by atoms with Gasteiger partial charge in [0.05, 0.1) is 49.8 Å². The van der Waals surface area contributed by atoms with Crippen molar-refractivity contribution >= 4 is 50.9 Å². The van der Waals surface area contributed by atoms with Gasteiger partial charge in [-0.25, -0.2) is 9.79 Å². The topological polar surface area (TPSA) is 88.4 Å². The molecule has 0 aliphatic carbocycles. The Hall–Kier alpha value is -3.08. The zero-order valence-corrected chi connectivity index (χ0v) is 23.9. The quantitative estimate of drug-likeness (QED) is 0.374. The predicted octanol–water partition coefficient (Wildman–Crippen LogP) is 4.24. The third-order valence-corrected chi connectivity index (χ3v) is 7.70. The van der Waals surface area contributed by atoms with Gasteiger partial charge in [-0.05, 0) is 55.8 Å². The van der Waals surface area contributed by atoms with Gasteiger partial charge in [-0.2, -0.15) is 0 Å². The van der Waals surface area contributed by atoms with E-state index >= 15 is 0 Å². The maximum Gasteiger partial charge on any atom is 0.338 e. The van der Waals surface area contributed by atoms with Crippen LogP contribution in [-0.2, 0) is 9.53 Å². The molecule has 1 aliphatic heterocycles. The van der Waals surface area contributed by atoms with Gasteiger partial charge < -0.3 is 18.9 Å². The number of fused-ring (bicyclic) bond motifs is 1. The number of ether oxygens (including phenoxy) is 4. The molecule has 0 bridgehead atoms. The summed E-state index contributed by atoms with van der Waals surface area (Å²) in [6.07, 6.45) is 1.71. The van der Waals surface area contributed by atoms with E-state index in [4.69, 9.17) is 30.5 Å². The van der Waals surface area contributed by atoms with E-state index in [2.05, 4.69) is 20.9 Å². The molecule has 4 rings (SSSR count). The summed E-state index contributed by atoms with van der Waals surface area (Å²) in [6.45, 7) is 3.63. The van der Waals surface area contributed by atoms with Crippen molar-refractivity contribution in [3.05, 3.63) is 81.9 Å². The van der Waals surface area contributed by atoms with Crippen LogP contribution in [0.4, 0.5) is 0 Å². The van der Waals surface area contributed by atoms with Gasteiger partial charge in [-0.15, -0.1) is 0 Å². The van der Waals surface area contributed by atoms with Crippen molar-refractivity contribution < 1.29 is 23.7 Å². The van der Waals surface area contributed by atoms with Crippen LogP contribution >= 0.6 is 38.9 Å². The second-order valence-corrected chi connectivity index (χ2v) is 10.2. The van der Waals surface area contributed by atoms with E-state index in [9.17, 15) is 9.59 Å². The first-order valence-electron chi connectivity index (χ1n) is 11.2. The number of benzene rings is 2. The molecule has 194 valence electrons. The normalized spacial score (nSPS) is 15.2. The Kier molecular flexibility index (Phi) is 8.11. The molecule has 0 saturated heterocycles. The highest BCUT2D eigenvalue weighted by Crippen LogP contribution is 2.40. The molecule has 37 heavy (non-hydrogen) atoms. The van der Waals surface area contributed by atoms with E-state index in [1.54, 1.807) is 57.4 Å². The molecule has 2 heterocycles. The summed E-state index contributed by atoms with van der Waals surface area (Å²) < 4.78 is 24.3. The van der Waals surface area contributed by atoms with E-state index in [-0.39, 0.29) is 17.7 Å². The van der Waals surface area contributed by atoms with Gasteiger partial charge in [0.15, 0.2) is 16.3 Å². The fourth-order valence-corrected chi connectivity index (χ4v) is 5.88. The number of methoxy groups -OCH3 is 3. The van der Waals surface area contributed by atoms with Crippen molar-refractivity contribution in [3.63, 3.8) is 0 Å². The summed E-state index contributed by atoms with van der Waals surface area (Å²) in [5.41, 5.74) is 1.65. The Balaban J connectivity index is 2.03. The number of allylic oxidation sites excluding steroid dienone is 1. The average molecular weight is 608 g/mol. The molecule has 1 atom stereocenters. The lowest BCUT2D eigenvalue weighted by Crippen LogP contribution is -2.40. The number of carbonyl (C=O) groups is 1. The third-order valence-electron chi connectivity index (χ3n) is 5.79. The molecule has 0 saturated carbocycles. The molecule has 0 N–H and O–H groups in total. The second-order valence-electron chi connectivity index (χ2n) is 7.92. The number of esters is 1. The molecule has 1 aliphatic rings. The van der Waals surface area contributed by atoms with Crippen molar-refractivity contribution in [1.29, 1.82) is 0 Å². The molecule has 0 amide bonds. The highest BCUT2D eigenvalue weighted by Gasteiger charge is 2.35. The lowest BCUT2D eigenvalue weighted by molar-refractivity contribution is -0.139. The maximum absolute atomic E-state index is 13.9. The van der Waals surface area contributed by atoms with Gasteiger partial charge in [-0.3, -0.25) is 9.36 Å². The zero-order chi connectivity index (χ0) is 26.9. The predicted molar refractivity (Wildman–Crippen MR) is 146 cm³/mol. The van der Waals surface area contributed by atoms with Crippen molar-refractivity contribution in [3.8, 4) is 17.2 Å². The summed E-state index contributed by atoms with van der Waals surface area (Å²) >= 11 is 11.0. The summed E-state index contributed by atoms with van der Waals surface area (Å²) in [5.74, 6) is 0.959. The fourth-order valence-electron chi connectivity index (χ4n) is 4.12. The number of carbonyl (C=O) groups excluding carboxylic acids is 1. The summed E-state index contributed by atoms with van der Waals surface area (Å²) in [6, 6.07) is 7.81. The number of aromatic nitrogens is 1. The van der Waals surface area contributed by atoms with Crippen molar-refractivity contribution in [1.82, 2.24) is 4.57 Å². The van der Waals surface area contributed by atoms with Crippen LogP contribution in [0.2, 0.25) is 5.02 Å².